The monoisotopic (exact) mass is 868 g/mol. The molecule has 308 valence electrons. The van der Waals surface area contributed by atoms with Crippen LogP contribution in [0, 0.1) is 17.1 Å². The van der Waals surface area contributed by atoms with Crippen molar-refractivity contribution >= 4 is 62.8 Å². The van der Waals surface area contributed by atoms with E-state index in [0.29, 0.717) is 10.1 Å². The highest BCUT2D eigenvalue weighted by Gasteiger charge is 2.27. The third-order valence-electron chi connectivity index (χ3n) is 7.59. The lowest BCUT2D eigenvalue weighted by Crippen LogP contribution is -2.28. The standard InChI is InChI=1S/C38H34FN4O13PS2/c1-23(44)54-29-7-3-5-25(15-29)37(46)41-11-13-52-33-17-28-18-36(59(50,51)43-22-57(48,49)56-31-10-9-27(21-40)32(39)19-31)58-35(28)20-34(33)53-14-12-42-38(47)26-6-4-8-30(16-26)55-24(2)45/h3-10,15-20,43H,11-14,22H2,1-2H3,(H,41,46)(H,42,47)(H,48,49). The zero-order valence-electron chi connectivity index (χ0n) is 31.1. The van der Waals surface area contributed by atoms with Gasteiger partial charge in [0.15, 0.2) is 11.5 Å². The maximum Gasteiger partial charge on any atom is 0.391 e. The summed E-state index contributed by atoms with van der Waals surface area (Å²) in [6.45, 7) is 2.30. The fourth-order valence-corrected chi connectivity index (χ4v) is 9.00. The van der Waals surface area contributed by atoms with Crippen LogP contribution in [-0.4, -0.2) is 69.7 Å². The van der Waals surface area contributed by atoms with Gasteiger partial charge in [-0.1, -0.05) is 12.1 Å². The van der Waals surface area contributed by atoms with E-state index in [1.165, 1.54) is 68.4 Å². The van der Waals surface area contributed by atoms with Gasteiger partial charge in [-0.3, -0.25) is 19.2 Å². The molecule has 0 aliphatic heterocycles. The molecule has 21 heteroatoms. The van der Waals surface area contributed by atoms with Crippen molar-refractivity contribution in [3.8, 4) is 34.8 Å². The van der Waals surface area contributed by atoms with E-state index >= 15 is 0 Å². The van der Waals surface area contributed by atoms with Crippen LogP contribution >= 0.6 is 18.9 Å². The van der Waals surface area contributed by atoms with Gasteiger partial charge in [0.2, 0.25) is 0 Å². The molecule has 2 amide bonds. The highest BCUT2D eigenvalue weighted by Crippen LogP contribution is 2.43. The smallest absolute Gasteiger partial charge is 0.391 e. The van der Waals surface area contributed by atoms with Gasteiger partial charge in [0.1, 0.15) is 52.8 Å². The molecular weight excluding hydrogens is 835 g/mol. The van der Waals surface area contributed by atoms with Crippen molar-refractivity contribution in [2.45, 2.75) is 18.1 Å². The Balaban J connectivity index is 1.28. The number of hydrogen-bond acceptors (Lipinski definition) is 14. The molecule has 1 atom stereocenters. The maximum atomic E-state index is 14.0. The van der Waals surface area contributed by atoms with Gasteiger partial charge in [0.25, 0.3) is 21.8 Å². The molecule has 59 heavy (non-hydrogen) atoms. The third-order valence-corrected chi connectivity index (χ3v) is 11.8. The van der Waals surface area contributed by atoms with Crippen LogP contribution in [0.4, 0.5) is 4.39 Å². The molecule has 17 nitrogen and oxygen atoms in total. The van der Waals surface area contributed by atoms with E-state index in [1.54, 1.807) is 18.2 Å². The quantitative estimate of drug-likeness (QED) is 0.0397. The summed E-state index contributed by atoms with van der Waals surface area (Å²) in [5.41, 5.74) is 0.126. The molecule has 0 bridgehead atoms. The van der Waals surface area contributed by atoms with Crippen LogP contribution in [0.1, 0.15) is 40.1 Å². The SMILES string of the molecule is CC(=O)Oc1cccc(C(=O)NCCOc2cc3cc(S(=O)(=O)NCP(=O)(O)Oc4ccc(C#N)c(F)c4)sc3cc2OCCNC(=O)c2cccc(OC(C)=O)c2)c1. The number of ether oxygens (including phenoxy) is 4. The fourth-order valence-electron chi connectivity index (χ4n) is 5.05. The van der Waals surface area contributed by atoms with E-state index in [-0.39, 0.29) is 70.2 Å². The van der Waals surface area contributed by atoms with Gasteiger partial charge in [-0.25, -0.2) is 17.4 Å². The number of amides is 2. The average Bonchev–Trinajstić information content (AvgIpc) is 3.61. The number of esters is 2. The van der Waals surface area contributed by atoms with Crippen LogP contribution in [0.15, 0.2) is 89.1 Å². The topological polar surface area (TPSA) is 246 Å². The van der Waals surface area contributed by atoms with Crippen LogP contribution in [-0.2, 0) is 24.2 Å². The normalized spacial score (nSPS) is 12.1. The first-order valence-electron chi connectivity index (χ1n) is 17.2. The number of carbonyl (C=O) groups excluding carboxylic acids is 4. The third kappa shape index (κ3) is 12.6. The first-order chi connectivity index (χ1) is 28.0. The van der Waals surface area contributed by atoms with Gasteiger partial charge in [-0.15, -0.1) is 11.3 Å². The number of nitrogens with one attached hydrogen (secondary N) is 3. The van der Waals surface area contributed by atoms with Crippen LogP contribution in [0.3, 0.4) is 0 Å². The van der Waals surface area contributed by atoms with Crippen LogP contribution in [0.5, 0.6) is 28.7 Å². The molecule has 0 saturated carbocycles. The summed E-state index contributed by atoms with van der Waals surface area (Å²) in [6.07, 6.45) is -1.08. The van der Waals surface area contributed by atoms with Gasteiger partial charge in [0, 0.05) is 41.8 Å². The Kier molecular flexibility index (Phi) is 14.4. The molecule has 1 unspecified atom stereocenters. The van der Waals surface area contributed by atoms with Crippen LogP contribution in [0.25, 0.3) is 10.1 Å². The van der Waals surface area contributed by atoms with E-state index in [9.17, 15) is 41.4 Å². The molecule has 1 heterocycles. The zero-order chi connectivity index (χ0) is 42.7. The molecule has 0 fully saturated rings. The second-order valence-electron chi connectivity index (χ2n) is 12.1. The number of nitrogens with zero attached hydrogens (tertiary/aromatic N) is 1. The Morgan fingerprint density at radius 2 is 1.36 bits per heavy atom. The Labute approximate surface area is 340 Å². The van der Waals surface area contributed by atoms with E-state index in [0.717, 1.165) is 29.5 Å². The largest absolute Gasteiger partial charge is 0.488 e. The first-order valence-corrected chi connectivity index (χ1v) is 21.3. The Morgan fingerprint density at radius 1 is 0.797 bits per heavy atom. The molecule has 0 aliphatic carbocycles. The number of nitriles is 1. The Morgan fingerprint density at radius 3 is 1.88 bits per heavy atom. The molecule has 5 aromatic rings. The first kappa shape index (κ1) is 43.8. The van der Waals surface area contributed by atoms with Gasteiger partial charge >= 0.3 is 19.5 Å². The summed E-state index contributed by atoms with van der Waals surface area (Å²) < 4.78 is 82.2. The molecule has 4 aromatic carbocycles. The highest BCUT2D eigenvalue weighted by molar-refractivity contribution is 7.92. The van der Waals surface area contributed by atoms with Gasteiger partial charge < -0.3 is 39.0 Å². The lowest BCUT2D eigenvalue weighted by atomic mass is 10.2. The predicted octanol–water partition coefficient (Wildman–Crippen LogP) is 4.88. The molecule has 0 radical (unpaired) electrons. The molecule has 5 rings (SSSR count). The number of fused-ring (bicyclic) bond motifs is 1. The minimum atomic E-state index is -4.70. The highest BCUT2D eigenvalue weighted by atomic mass is 32.2. The van der Waals surface area contributed by atoms with Gasteiger partial charge in [-0.05, 0) is 66.0 Å². The minimum Gasteiger partial charge on any atom is -0.488 e. The molecule has 0 saturated heterocycles. The fraction of sp³-hybridized carbons (Fsp3) is 0.184. The summed E-state index contributed by atoms with van der Waals surface area (Å²) >= 11 is 0.797. The molecule has 0 aliphatic rings. The van der Waals surface area contributed by atoms with Crippen molar-refractivity contribution in [3.05, 3.63) is 107 Å². The minimum absolute atomic E-state index is 0.00213. The molecular formula is C38H34FN4O13PS2. The average molecular weight is 869 g/mol. The van der Waals surface area contributed by atoms with Gasteiger partial charge in [0.05, 0.1) is 18.7 Å². The summed E-state index contributed by atoms with van der Waals surface area (Å²) in [7, 11) is -9.12. The van der Waals surface area contributed by atoms with E-state index in [4.69, 9.17) is 28.7 Å². The van der Waals surface area contributed by atoms with Crippen LogP contribution in [0.2, 0.25) is 0 Å². The van der Waals surface area contributed by atoms with E-state index in [2.05, 4.69) is 10.6 Å². The van der Waals surface area contributed by atoms with E-state index < -0.39 is 59.2 Å². The second-order valence-corrected chi connectivity index (χ2v) is 17.0. The molecule has 4 N–H and O–H groups in total. The number of rotatable bonds is 18. The predicted molar refractivity (Wildman–Crippen MR) is 210 cm³/mol. The van der Waals surface area contributed by atoms with E-state index in [1.807, 2.05) is 4.72 Å². The van der Waals surface area contributed by atoms with Crippen molar-refractivity contribution in [3.63, 3.8) is 0 Å². The van der Waals surface area contributed by atoms with Crippen LogP contribution < -0.4 is 38.8 Å². The van der Waals surface area contributed by atoms with Crippen molar-refractivity contribution in [1.82, 2.24) is 15.4 Å². The number of sulfonamides is 1. The summed E-state index contributed by atoms with van der Waals surface area (Å²) in [5, 5.41) is 14.6. The Bertz CT molecular complexity index is 2500. The van der Waals surface area contributed by atoms with Gasteiger partial charge in [-0.2, -0.15) is 9.98 Å². The summed E-state index contributed by atoms with van der Waals surface area (Å²) in [6, 6.07) is 20.7. The molecule has 0 spiro atoms. The number of carbonyl (C=O) groups is 4. The second kappa shape index (κ2) is 19.4. The van der Waals surface area contributed by atoms with Crippen molar-refractivity contribution in [2.75, 3.05) is 32.6 Å². The number of halogens is 1. The molecule has 1 aromatic heterocycles. The van der Waals surface area contributed by atoms with Crippen molar-refractivity contribution < 1.29 is 64.9 Å². The number of hydrogen-bond donors (Lipinski definition) is 4. The number of benzene rings is 4. The Hall–Kier alpha value is -6.36. The zero-order valence-corrected chi connectivity index (χ0v) is 33.6. The summed E-state index contributed by atoms with van der Waals surface area (Å²) in [5.74, 6) is -2.79. The summed E-state index contributed by atoms with van der Waals surface area (Å²) in [4.78, 5) is 58.4. The number of thiophene rings is 1. The maximum absolute atomic E-state index is 14.0. The van der Waals surface area contributed by atoms with Crippen molar-refractivity contribution in [1.29, 1.82) is 5.26 Å². The lowest BCUT2D eigenvalue weighted by molar-refractivity contribution is -0.132. The lowest BCUT2D eigenvalue weighted by Gasteiger charge is -2.14. The van der Waals surface area contributed by atoms with Crippen molar-refractivity contribution in [2.24, 2.45) is 0 Å².